The number of aromatic nitrogens is 1. The molecule has 0 spiro atoms. The van der Waals surface area contributed by atoms with Gasteiger partial charge in [0, 0.05) is 29.6 Å². The Bertz CT molecular complexity index is 576. The number of amides is 1. The summed E-state index contributed by atoms with van der Waals surface area (Å²) in [6.07, 6.45) is 2.76. The first-order valence-electron chi connectivity index (χ1n) is 6.25. The van der Waals surface area contributed by atoms with E-state index in [0.29, 0.717) is 19.4 Å². The average molecular weight is 244 g/mol. The zero-order valence-electron chi connectivity index (χ0n) is 10.0. The lowest BCUT2D eigenvalue weighted by Crippen LogP contribution is -2.44. The highest BCUT2D eigenvalue weighted by molar-refractivity contribution is 5.85. The number of aromatic amines is 1. The van der Waals surface area contributed by atoms with Crippen LogP contribution in [0.5, 0.6) is 0 Å². The molecule has 4 heteroatoms. The number of rotatable bonds is 2. The molecule has 1 aromatic heterocycles. The van der Waals surface area contributed by atoms with E-state index in [1.54, 1.807) is 0 Å². The van der Waals surface area contributed by atoms with E-state index < -0.39 is 6.10 Å². The number of fused-ring (bicyclic) bond motifs is 1. The van der Waals surface area contributed by atoms with Crippen molar-refractivity contribution >= 4 is 16.8 Å². The number of aliphatic hydroxyl groups excluding tert-OH is 1. The van der Waals surface area contributed by atoms with E-state index in [4.69, 9.17) is 0 Å². The fourth-order valence-electron chi connectivity index (χ4n) is 2.62. The molecule has 3 rings (SSSR count). The van der Waals surface area contributed by atoms with Crippen LogP contribution >= 0.6 is 0 Å². The van der Waals surface area contributed by atoms with Crippen molar-refractivity contribution in [2.75, 3.05) is 6.54 Å². The lowest BCUT2D eigenvalue weighted by molar-refractivity contribution is -0.128. The van der Waals surface area contributed by atoms with Crippen molar-refractivity contribution in [3.05, 3.63) is 36.0 Å². The minimum atomic E-state index is -0.419. The van der Waals surface area contributed by atoms with Gasteiger partial charge in [0.2, 0.25) is 5.91 Å². The monoisotopic (exact) mass is 244 g/mol. The van der Waals surface area contributed by atoms with Gasteiger partial charge in [-0.1, -0.05) is 18.2 Å². The molecule has 1 fully saturated rings. The van der Waals surface area contributed by atoms with Gasteiger partial charge >= 0.3 is 0 Å². The van der Waals surface area contributed by atoms with Crippen LogP contribution in [0.4, 0.5) is 0 Å². The first-order valence-corrected chi connectivity index (χ1v) is 6.25. The van der Waals surface area contributed by atoms with Gasteiger partial charge in [-0.25, -0.2) is 0 Å². The summed E-state index contributed by atoms with van der Waals surface area (Å²) >= 11 is 0. The van der Waals surface area contributed by atoms with Crippen LogP contribution in [0, 0.1) is 5.92 Å². The van der Waals surface area contributed by atoms with Gasteiger partial charge in [-0.2, -0.15) is 0 Å². The van der Waals surface area contributed by atoms with Crippen molar-refractivity contribution in [1.82, 2.24) is 10.3 Å². The number of piperidine rings is 1. The molecule has 1 saturated heterocycles. The van der Waals surface area contributed by atoms with E-state index in [0.717, 1.165) is 16.5 Å². The predicted octanol–water partition coefficient (Wildman–Crippen LogP) is 1.21. The maximum Gasteiger partial charge on any atom is 0.223 e. The van der Waals surface area contributed by atoms with Crippen molar-refractivity contribution < 1.29 is 9.90 Å². The van der Waals surface area contributed by atoms with Gasteiger partial charge in [-0.3, -0.25) is 4.79 Å². The summed E-state index contributed by atoms with van der Waals surface area (Å²) < 4.78 is 0. The summed E-state index contributed by atoms with van der Waals surface area (Å²) in [5.41, 5.74) is 2.23. The van der Waals surface area contributed by atoms with Crippen LogP contribution in [0.15, 0.2) is 30.5 Å². The standard InChI is InChI=1S/C14H16N2O2/c17-11-6-9(14(18)16-8-11)5-10-7-15-13-4-2-1-3-12(10)13/h1-4,7,9,11,15,17H,5-6,8H2,(H,16,18). The Morgan fingerprint density at radius 2 is 2.17 bits per heavy atom. The van der Waals surface area contributed by atoms with Crippen molar-refractivity contribution in [1.29, 1.82) is 0 Å². The summed E-state index contributed by atoms with van der Waals surface area (Å²) in [5, 5.41) is 13.5. The quantitative estimate of drug-likeness (QED) is 0.743. The Balaban J connectivity index is 1.85. The third-order valence-corrected chi connectivity index (χ3v) is 3.58. The van der Waals surface area contributed by atoms with Crippen molar-refractivity contribution in [3.8, 4) is 0 Å². The molecule has 0 saturated carbocycles. The van der Waals surface area contributed by atoms with E-state index in [1.807, 2.05) is 24.4 Å². The molecule has 4 nitrogen and oxygen atoms in total. The number of aliphatic hydroxyl groups is 1. The number of carbonyl (C=O) groups is 1. The van der Waals surface area contributed by atoms with Gasteiger partial charge in [-0.05, 0) is 24.5 Å². The molecule has 1 amide bonds. The second-order valence-corrected chi connectivity index (χ2v) is 4.90. The summed E-state index contributed by atoms with van der Waals surface area (Å²) in [4.78, 5) is 15.0. The van der Waals surface area contributed by atoms with Crippen molar-refractivity contribution in [3.63, 3.8) is 0 Å². The van der Waals surface area contributed by atoms with E-state index in [1.165, 1.54) is 0 Å². The SMILES string of the molecule is O=C1NCC(O)CC1Cc1c[nH]c2ccccc12. The predicted molar refractivity (Wildman–Crippen MR) is 69.1 cm³/mol. The van der Waals surface area contributed by atoms with Crippen LogP contribution in [-0.2, 0) is 11.2 Å². The van der Waals surface area contributed by atoms with Crippen LogP contribution in [0.2, 0.25) is 0 Å². The van der Waals surface area contributed by atoms with E-state index >= 15 is 0 Å². The highest BCUT2D eigenvalue weighted by Gasteiger charge is 2.27. The molecule has 3 N–H and O–H groups in total. The smallest absolute Gasteiger partial charge is 0.223 e. The van der Waals surface area contributed by atoms with Gasteiger partial charge in [0.1, 0.15) is 0 Å². The number of para-hydroxylation sites is 1. The Hall–Kier alpha value is -1.81. The Kier molecular flexibility index (Phi) is 2.80. The zero-order valence-corrected chi connectivity index (χ0v) is 10.0. The van der Waals surface area contributed by atoms with Crippen LogP contribution < -0.4 is 5.32 Å². The molecule has 2 unspecified atom stereocenters. The van der Waals surface area contributed by atoms with Gasteiger partial charge in [-0.15, -0.1) is 0 Å². The van der Waals surface area contributed by atoms with Gasteiger partial charge < -0.3 is 15.4 Å². The molecule has 94 valence electrons. The minimum Gasteiger partial charge on any atom is -0.391 e. The summed E-state index contributed by atoms with van der Waals surface area (Å²) in [6, 6.07) is 8.06. The molecular formula is C14H16N2O2. The Morgan fingerprint density at radius 3 is 3.06 bits per heavy atom. The van der Waals surface area contributed by atoms with Gasteiger partial charge in [0.05, 0.1) is 6.10 Å². The number of β-amino-alcohol motifs (C(OH)–C–C–N with tert-alkyl or cyclic N) is 1. The molecule has 2 aromatic rings. The number of carbonyl (C=O) groups excluding carboxylic acids is 1. The average Bonchev–Trinajstić information content (AvgIpc) is 2.78. The van der Waals surface area contributed by atoms with Crippen LogP contribution in [0.25, 0.3) is 10.9 Å². The molecule has 0 bridgehead atoms. The van der Waals surface area contributed by atoms with Crippen molar-refractivity contribution in [2.45, 2.75) is 18.9 Å². The third kappa shape index (κ3) is 1.99. The maximum atomic E-state index is 11.8. The topological polar surface area (TPSA) is 65.1 Å². The summed E-state index contributed by atoms with van der Waals surface area (Å²) in [7, 11) is 0. The lowest BCUT2D eigenvalue weighted by atomic mass is 9.90. The first kappa shape index (κ1) is 11.3. The number of nitrogens with one attached hydrogen (secondary N) is 2. The number of H-pyrrole nitrogens is 1. The molecule has 18 heavy (non-hydrogen) atoms. The number of benzene rings is 1. The molecule has 0 radical (unpaired) electrons. The van der Waals surface area contributed by atoms with Crippen LogP contribution in [0.1, 0.15) is 12.0 Å². The molecular weight excluding hydrogens is 228 g/mol. The second kappa shape index (κ2) is 4.46. The van der Waals surface area contributed by atoms with Crippen molar-refractivity contribution in [2.24, 2.45) is 5.92 Å². The van der Waals surface area contributed by atoms with Crippen LogP contribution in [0.3, 0.4) is 0 Å². The molecule has 2 heterocycles. The largest absolute Gasteiger partial charge is 0.391 e. The lowest BCUT2D eigenvalue weighted by Gasteiger charge is -2.25. The third-order valence-electron chi connectivity index (χ3n) is 3.58. The molecule has 1 aromatic carbocycles. The number of hydrogen-bond acceptors (Lipinski definition) is 2. The molecule has 1 aliphatic heterocycles. The van der Waals surface area contributed by atoms with E-state index in [9.17, 15) is 9.90 Å². The van der Waals surface area contributed by atoms with Gasteiger partial charge in [0.15, 0.2) is 0 Å². The van der Waals surface area contributed by atoms with Crippen LogP contribution in [-0.4, -0.2) is 28.6 Å². The zero-order chi connectivity index (χ0) is 12.5. The minimum absolute atomic E-state index is 0.0468. The second-order valence-electron chi connectivity index (χ2n) is 4.90. The molecule has 1 aliphatic rings. The fraction of sp³-hybridized carbons (Fsp3) is 0.357. The Labute approximate surface area is 105 Å². The number of hydrogen-bond donors (Lipinski definition) is 3. The normalized spacial score (nSPS) is 24.2. The summed E-state index contributed by atoms with van der Waals surface area (Å²) in [5.74, 6) is -0.0847. The molecule has 2 atom stereocenters. The fourth-order valence-corrected chi connectivity index (χ4v) is 2.62. The van der Waals surface area contributed by atoms with E-state index in [2.05, 4.69) is 16.4 Å². The maximum absolute atomic E-state index is 11.8. The summed E-state index contributed by atoms with van der Waals surface area (Å²) in [6.45, 7) is 0.378. The Morgan fingerprint density at radius 1 is 1.33 bits per heavy atom. The highest BCUT2D eigenvalue weighted by Crippen LogP contribution is 2.24. The van der Waals surface area contributed by atoms with Gasteiger partial charge in [0.25, 0.3) is 0 Å². The molecule has 0 aliphatic carbocycles. The highest BCUT2D eigenvalue weighted by atomic mass is 16.3. The van der Waals surface area contributed by atoms with E-state index in [-0.39, 0.29) is 11.8 Å². The first-order chi connectivity index (χ1) is 8.74.